The summed E-state index contributed by atoms with van der Waals surface area (Å²) < 4.78 is 51.6. The average Bonchev–Trinajstić information content (AvgIpc) is 2.74. The second-order valence-electron chi connectivity index (χ2n) is 8.49. The Morgan fingerprint density at radius 2 is 1.82 bits per heavy atom. The summed E-state index contributed by atoms with van der Waals surface area (Å²) in [5.74, 6) is -0.739. The van der Waals surface area contributed by atoms with Crippen molar-refractivity contribution < 1.29 is 36.7 Å². The Morgan fingerprint density at radius 3 is 2.42 bits per heavy atom. The van der Waals surface area contributed by atoms with Crippen LogP contribution in [0.15, 0.2) is 27.4 Å². The monoisotopic (exact) mass is 469 g/mol. The van der Waals surface area contributed by atoms with E-state index < -0.39 is 36.4 Å². The number of carbonyl (C=O) groups is 2. The maximum absolute atomic E-state index is 12.5. The number of fused-ring (bicyclic) bond motifs is 1. The minimum Gasteiger partial charge on any atom is -0.461 e. The van der Waals surface area contributed by atoms with E-state index in [2.05, 4.69) is 18.6 Å². The lowest BCUT2D eigenvalue weighted by atomic mass is 9.95. The van der Waals surface area contributed by atoms with Crippen LogP contribution >= 0.6 is 0 Å². The minimum atomic E-state index is -4.59. The first-order valence-electron chi connectivity index (χ1n) is 10.7. The fraction of sp³-hybridized carbons (Fsp3) is 0.522. The predicted molar refractivity (Wildman–Crippen MR) is 113 cm³/mol. The van der Waals surface area contributed by atoms with E-state index in [-0.39, 0.29) is 38.5 Å². The number of aryl methyl sites for hydroxylation is 1. The number of rotatable bonds is 5. The first-order chi connectivity index (χ1) is 15.4. The van der Waals surface area contributed by atoms with Crippen molar-refractivity contribution in [2.45, 2.75) is 52.3 Å². The molecule has 1 amide bonds. The summed E-state index contributed by atoms with van der Waals surface area (Å²) in [5.41, 5.74) is 2.49. The predicted octanol–water partition coefficient (Wildman–Crippen LogP) is 4.68. The normalized spacial score (nSPS) is 15.2. The zero-order valence-corrected chi connectivity index (χ0v) is 18.7. The van der Waals surface area contributed by atoms with Crippen LogP contribution in [-0.4, -0.2) is 42.8 Å². The van der Waals surface area contributed by atoms with Crippen molar-refractivity contribution in [1.82, 2.24) is 4.90 Å². The number of esters is 1. The average molecular weight is 469 g/mol. The molecule has 0 bridgehead atoms. The van der Waals surface area contributed by atoms with Gasteiger partial charge in [-0.25, -0.2) is 9.59 Å². The van der Waals surface area contributed by atoms with Gasteiger partial charge in [-0.15, -0.1) is 0 Å². The van der Waals surface area contributed by atoms with Crippen LogP contribution in [0.1, 0.15) is 49.3 Å². The number of amides is 1. The Hall–Kier alpha value is -3.04. The topological polar surface area (TPSA) is 86.0 Å². The molecule has 3 rings (SSSR count). The van der Waals surface area contributed by atoms with Crippen LogP contribution in [-0.2, 0) is 20.9 Å². The standard InChI is InChI=1S/C23H26F3NO6/c1-13(2)17-10-18-16(9-20(28)33-19(18)8-14(17)3)11-31-21(29)15-4-6-27(7-5-15)22(30)32-12-23(24,25)26/h8-10,13,15H,4-7,11-12H2,1-3H3. The molecule has 1 fully saturated rings. The van der Waals surface area contributed by atoms with Crippen LogP contribution < -0.4 is 5.63 Å². The molecule has 180 valence electrons. The van der Waals surface area contributed by atoms with Gasteiger partial charge in [0.2, 0.25) is 0 Å². The third-order valence-electron chi connectivity index (χ3n) is 5.65. The number of benzene rings is 1. The first-order valence-corrected chi connectivity index (χ1v) is 10.7. The largest absolute Gasteiger partial charge is 0.461 e. The van der Waals surface area contributed by atoms with Crippen molar-refractivity contribution in [3.05, 3.63) is 45.3 Å². The van der Waals surface area contributed by atoms with Gasteiger partial charge in [0.05, 0.1) is 5.92 Å². The van der Waals surface area contributed by atoms with Gasteiger partial charge in [0, 0.05) is 30.1 Å². The van der Waals surface area contributed by atoms with Crippen molar-refractivity contribution in [2.24, 2.45) is 5.92 Å². The Labute approximate surface area is 188 Å². The lowest BCUT2D eigenvalue weighted by Gasteiger charge is -2.30. The van der Waals surface area contributed by atoms with Crippen molar-refractivity contribution in [2.75, 3.05) is 19.7 Å². The third-order valence-corrected chi connectivity index (χ3v) is 5.65. The molecule has 0 radical (unpaired) electrons. The molecular formula is C23H26F3NO6. The van der Waals surface area contributed by atoms with E-state index in [1.807, 2.05) is 13.0 Å². The number of alkyl halides is 3. The Kier molecular flexibility index (Phi) is 7.34. The van der Waals surface area contributed by atoms with Crippen molar-refractivity contribution >= 4 is 23.0 Å². The molecule has 2 heterocycles. The van der Waals surface area contributed by atoms with E-state index in [1.54, 1.807) is 6.07 Å². The van der Waals surface area contributed by atoms with E-state index in [9.17, 15) is 27.6 Å². The minimum absolute atomic E-state index is 0.0886. The fourth-order valence-corrected chi connectivity index (χ4v) is 3.93. The molecule has 1 saturated heterocycles. The van der Waals surface area contributed by atoms with Gasteiger partial charge in [0.25, 0.3) is 0 Å². The van der Waals surface area contributed by atoms with E-state index in [0.717, 1.165) is 16.0 Å². The smallest absolute Gasteiger partial charge is 0.422 e. The second kappa shape index (κ2) is 9.84. The zero-order chi connectivity index (χ0) is 24.3. The van der Waals surface area contributed by atoms with Gasteiger partial charge in [-0.2, -0.15) is 13.2 Å². The van der Waals surface area contributed by atoms with Crippen molar-refractivity contribution in [1.29, 1.82) is 0 Å². The van der Waals surface area contributed by atoms with E-state index >= 15 is 0 Å². The maximum atomic E-state index is 12.5. The molecule has 2 aromatic rings. The quantitative estimate of drug-likeness (QED) is 0.467. The molecule has 1 aliphatic heterocycles. The molecule has 0 atom stereocenters. The molecule has 0 N–H and O–H groups in total. The lowest BCUT2D eigenvalue weighted by Crippen LogP contribution is -2.41. The highest BCUT2D eigenvalue weighted by molar-refractivity contribution is 5.82. The summed E-state index contributed by atoms with van der Waals surface area (Å²) in [6, 6.07) is 5.03. The van der Waals surface area contributed by atoms with E-state index in [0.29, 0.717) is 16.5 Å². The summed E-state index contributed by atoms with van der Waals surface area (Å²) in [7, 11) is 0. The van der Waals surface area contributed by atoms with Gasteiger partial charge >= 0.3 is 23.9 Å². The van der Waals surface area contributed by atoms with E-state index in [1.165, 1.54) is 6.07 Å². The molecule has 7 nitrogen and oxygen atoms in total. The number of halogens is 3. The molecule has 1 aromatic carbocycles. The number of carbonyl (C=O) groups excluding carboxylic acids is 2. The van der Waals surface area contributed by atoms with Crippen LogP contribution in [0.4, 0.5) is 18.0 Å². The highest BCUT2D eigenvalue weighted by Gasteiger charge is 2.33. The SMILES string of the molecule is Cc1cc2oc(=O)cc(COC(=O)C3CCN(C(=O)OCC(F)(F)F)CC3)c2cc1C(C)C. The highest BCUT2D eigenvalue weighted by atomic mass is 19.4. The first kappa shape index (κ1) is 24.6. The summed E-state index contributed by atoms with van der Waals surface area (Å²) in [6.07, 6.45) is -5.16. The Bertz CT molecular complexity index is 1080. The van der Waals surface area contributed by atoms with E-state index in [4.69, 9.17) is 9.15 Å². The van der Waals surface area contributed by atoms with Crippen LogP contribution in [0.5, 0.6) is 0 Å². The molecule has 0 aliphatic carbocycles. The maximum Gasteiger partial charge on any atom is 0.422 e. The van der Waals surface area contributed by atoms with Crippen LogP contribution in [0.2, 0.25) is 0 Å². The highest BCUT2D eigenvalue weighted by Crippen LogP contribution is 2.28. The molecule has 0 unspecified atom stereocenters. The molecule has 1 aliphatic rings. The molecule has 10 heteroatoms. The third kappa shape index (κ3) is 6.27. The molecular weight excluding hydrogens is 443 g/mol. The number of ether oxygens (including phenoxy) is 2. The van der Waals surface area contributed by atoms with Gasteiger partial charge < -0.3 is 18.8 Å². The molecule has 0 saturated carbocycles. The molecule has 1 aromatic heterocycles. The number of hydrogen-bond donors (Lipinski definition) is 0. The molecule has 0 spiro atoms. The number of piperidine rings is 1. The van der Waals surface area contributed by atoms with Crippen LogP contribution in [0.25, 0.3) is 11.0 Å². The zero-order valence-electron chi connectivity index (χ0n) is 18.7. The Balaban J connectivity index is 1.62. The molecule has 33 heavy (non-hydrogen) atoms. The lowest BCUT2D eigenvalue weighted by molar-refractivity contribution is -0.163. The van der Waals surface area contributed by atoms with Gasteiger partial charge in [0.15, 0.2) is 6.61 Å². The number of nitrogens with zero attached hydrogens (tertiary/aromatic N) is 1. The van der Waals surface area contributed by atoms with Crippen molar-refractivity contribution in [3.8, 4) is 0 Å². The number of likely N-dealkylation sites (tertiary alicyclic amines) is 1. The summed E-state index contributed by atoms with van der Waals surface area (Å²) >= 11 is 0. The summed E-state index contributed by atoms with van der Waals surface area (Å²) in [4.78, 5) is 37.4. The summed E-state index contributed by atoms with van der Waals surface area (Å²) in [5, 5.41) is 0.693. The van der Waals surface area contributed by atoms with Gasteiger partial charge in [0.1, 0.15) is 12.2 Å². The van der Waals surface area contributed by atoms with Crippen LogP contribution in [0.3, 0.4) is 0 Å². The van der Waals surface area contributed by atoms with Crippen LogP contribution in [0, 0.1) is 12.8 Å². The van der Waals surface area contributed by atoms with Crippen molar-refractivity contribution in [3.63, 3.8) is 0 Å². The van der Waals surface area contributed by atoms with Gasteiger partial charge in [-0.05, 0) is 48.9 Å². The Morgan fingerprint density at radius 1 is 1.15 bits per heavy atom. The summed E-state index contributed by atoms with van der Waals surface area (Å²) in [6.45, 7) is 4.46. The second-order valence-corrected chi connectivity index (χ2v) is 8.49. The van der Waals surface area contributed by atoms with Gasteiger partial charge in [-0.1, -0.05) is 13.8 Å². The fourth-order valence-electron chi connectivity index (χ4n) is 3.93. The van der Waals surface area contributed by atoms with Gasteiger partial charge in [-0.3, -0.25) is 4.79 Å². The number of hydrogen-bond acceptors (Lipinski definition) is 6.